The molecule has 0 saturated carbocycles. The Morgan fingerprint density at radius 3 is 2.76 bits per heavy atom. The normalized spacial score (nSPS) is 11.6. The first-order valence-corrected chi connectivity index (χ1v) is 6.73. The van der Waals surface area contributed by atoms with E-state index in [-0.39, 0.29) is 10.2 Å². The molecule has 0 unspecified atom stereocenters. The Bertz CT molecular complexity index is 576. The molecule has 114 valence electrons. The number of nitrogens with one attached hydrogen (secondary N) is 1. The van der Waals surface area contributed by atoms with Gasteiger partial charge < -0.3 is 14.6 Å². The van der Waals surface area contributed by atoms with Crippen LogP contribution < -0.4 is 10.1 Å². The average molecular weight is 366 g/mol. The van der Waals surface area contributed by atoms with Gasteiger partial charge in [0.15, 0.2) is 5.82 Å². The van der Waals surface area contributed by atoms with Crippen LogP contribution in [-0.4, -0.2) is 23.0 Å². The zero-order valence-corrected chi connectivity index (χ0v) is 12.2. The molecule has 0 radical (unpaired) electrons. The first kappa shape index (κ1) is 15.8. The Kier molecular flexibility index (Phi) is 5.18. The maximum atomic E-state index is 12.1. The topological polar surface area (TPSA) is 60.2 Å². The number of benzene rings is 1. The predicted octanol–water partition coefficient (Wildman–Crippen LogP) is 3.06. The third-order valence-electron chi connectivity index (χ3n) is 2.48. The van der Waals surface area contributed by atoms with E-state index >= 15 is 0 Å². The third-order valence-corrected chi connectivity index (χ3v) is 3.10. The molecule has 1 aromatic carbocycles. The van der Waals surface area contributed by atoms with Gasteiger partial charge in [0, 0.05) is 19.5 Å². The van der Waals surface area contributed by atoms with Gasteiger partial charge in [-0.25, -0.2) is 0 Å². The summed E-state index contributed by atoms with van der Waals surface area (Å²) in [6, 6.07) is 4.41. The summed E-state index contributed by atoms with van der Waals surface area (Å²) >= 11 is 3.06. The fourth-order valence-corrected chi connectivity index (χ4v) is 2.10. The number of aromatic nitrogens is 2. The van der Waals surface area contributed by atoms with E-state index in [1.807, 2.05) is 0 Å². The lowest BCUT2D eigenvalue weighted by Crippen LogP contribution is -2.18. The second-order valence-electron chi connectivity index (χ2n) is 4.09. The Balaban J connectivity index is 1.82. The number of hydrogen-bond acceptors (Lipinski definition) is 5. The lowest BCUT2D eigenvalue weighted by molar-refractivity contribution is -0.274. The van der Waals surface area contributed by atoms with E-state index in [2.05, 4.69) is 40.6 Å². The quantitative estimate of drug-likeness (QED) is 0.797. The minimum Gasteiger partial charge on any atom is -0.405 e. The summed E-state index contributed by atoms with van der Waals surface area (Å²) in [5, 5.41) is 6.79. The van der Waals surface area contributed by atoms with Gasteiger partial charge in [-0.2, -0.15) is 4.98 Å². The molecule has 0 bridgehead atoms. The van der Waals surface area contributed by atoms with E-state index in [0.717, 1.165) is 5.56 Å². The van der Waals surface area contributed by atoms with Crippen molar-refractivity contribution in [2.75, 3.05) is 6.54 Å². The van der Waals surface area contributed by atoms with Crippen LogP contribution in [0.5, 0.6) is 5.75 Å². The van der Waals surface area contributed by atoms with Gasteiger partial charge in [0.2, 0.25) is 6.39 Å². The van der Waals surface area contributed by atoms with Crippen LogP contribution >= 0.6 is 15.9 Å². The number of rotatable bonds is 6. The summed E-state index contributed by atoms with van der Waals surface area (Å²) in [5.74, 6) is 0.329. The molecule has 2 rings (SSSR count). The first-order chi connectivity index (χ1) is 9.94. The highest BCUT2D eigenvalue weighted by molar-refractivity contribution is 9.10. The van der Waals surface area contributed by atoms with E-state index in [4.69, 9.17) is 0 Å². The fourth-order valence-electron chi connectivity index (χ4n) is 1.60. The zero-order chi connectivity index (χ0) is 15.3. The molecule has 9 heteroatoms. The van der Waals surface area contributed by atoms with E-state index in [9.17, 15) is 13.2 Å². The van der Waals surface area contributed by atoms with Crippen molar-refractivity contribution in [3.05, 3.63) is 40.5 Å². The van der Waals surface area contributed by atoms with E-state index < -0.39 is 6.36 Å². The van der Waals surface area contributed by atoms with Crippen LogP contribution in [0.4, 0.5) is 13.2 Å². The Hall–Kier alpha value is -1.61. The molecule has 2 aromatic rings. The van der Waals surface area contributed by atoms with Crippen molar-refractivity contribution in [2.24, 2.45) is 0 Å². The Morgan fingerprint density at radius 2 is 2.14 bits per heavy atom. The molecule has 1 heterocycles. The molecule has 0 atom stereocenters. The molecule has 21 heavy (non-hydrogen) atoms. The number of alkyl halides is 3. The molecular weight excluding hydrogens is 355 g/mol. The van der Waals surface area contributed by atoms with Crippen LogP contribution in [-0.2, 0) is 13.0 Å². The van der Waals surface area contributed by atoms with Gasteiger partial charge in [0.1, 0.15) is 5.75 Å². The zero-order valence-electron chi connectivity index (χ0n) is 10.7. The third kappa shape index (κ3) is 5.35. The number of hydrogen-bond donors (Lipinski definition) is 1. The standard InChI is InChI=1S/C12H11BrF3N3O2/c13-9-5-8(1-2-10(9)21-12(14,15)16)6-17-4-3-11-18-7-20-19-11/h1-2,5,7,17H,3-4,6H2. The molecule has 1 aromatic heterocycles. The summed E-state index contributed by atoms with van der Waals surface area (Å²) in [6.45, 7) is 1.13. The van der Waals surface area contributed by atoms with Crippen molar-refractivity contribution in [2.45, 2.75) is 19.3 Å². The van der Waals surface area contributed by atoms with Crippen molar-refractivity contribution in [3.63, 3.8) is 0 Å². The minimum atomic E-state index is -4.70. The highest BCUT2D eigenvalue weighted by Crippen LogP contribution is 2.30. The van der Waals surface area contributed by atoms with Gasteiger partial charge in [-0.1, -0.05) is 11.2 Å². The second kappa shape index (κ2) is 6.90. The van der Waals surface area contributed by atoms with Crippen LogP contribution in [0.2, 0.25) is 0 Å². The van der Waals surface area contributed by atoms with Gasteiger partial charge in [-0.3, -0.25) is 0 Å². The summed E-state index contributed by atoms with van der Waals surface area (Å²) < 4.78 is 45.1. The minimum absolute atomic E-state index is 0.247. The molecule has 0 saturated heterocycles. The van der Waals surface area contributed by atoms with Crippen molar-refractivity contribution in [1.82, 2.24) is 15.5 Å². The van der Waals surface area contributed by atoms with Gasteiger partial charge in [0.25, 0.3) is 0 Å². The lowest BCUT2D eigenvalue weighted by Gasteiger charge is -2.11. The van der Waals surface area contributed by atoms with Gasteiger partial charge in [-0.05, 0) is 33.6 Å². The molecule has 0 spiro atoms. The number of halogens is 4. The van der Waals surface area contributed by atoms with Crippen molar-refractivity contribution in [3.8, 4) is 5.75 Å². The van der Waals surface area contributed by atoms with Crippen LogP contribution in [0.1, 0.15) is 11.4 Å². The maximum absolute atomic E-state index is 12.1. The molecular formula is C12H11BrF3N3O2. The van der Waals surface area contributed by atoms with Crippen LogP contribution in [0, 0.1) is 0 Å². The van der Waals surface area contributed by atoms with E-state index in [1.54, 1.807) is 12.1 Å². The van der Waals surface area contributed by atoms with Crippen molar-refractivity contribution in [1.29, 1.82) is 0 Å². The summed E-state index contributed by atoms with van der Waals surface area (Å²) in [6.07, 6.45) is -2.84. The second-order valence-corrected chi connectivity index (χ2v) is 4.94. The van der Waals surface area contributed by atoms with Crippen LogP contribution in [0.3, 0.4) is 0 Å². The van der Waals surface area contributed by atoms with E-state index in [1.165, 1.54) is 12.5 Å². The molecule has 0 aliphatic carbocycles. The molecule has 0 aliphatic rings. The molecule has 0 amide bonds. The van der Waals surface area contributed by atoms with Crippen molar-refractivity contribution < 1.29 is 22.4 Å². The highest BCUT2D eigenvalue weighted by atomic mass is 79.9. The van der Waals surface area contributed by atoms with Crippen LogP contribution in [0.15, 0.2) is 33.6 Å². The van der Waals surface area contributed by atoms with Gasteiger partial charge >= 0.3 is 6.36 Å². The SMILES string of the molecule is FC(F)(F)Oc1ccc(CNCCc2ncon2)cc1Br. The summed E-state index contributed by atoms with van der Waals surface area (Å²) in [7, 11) is 0. The molecule has 0 aliphatic heterocycles. The Labute approximate surface area is 126 Å². The smallest absolute Gasteiger partial charge is 0.405 e. The van der Waals surface area contributed by atoms with Gasteiger partial charge in [0.05, 0.1) is 4.47 Å². The fraction of sp³-hybridized carbons (Fsp3) is 0.333. The van der Waals surface area contributed by atoms with Crippen LogP contribution in [0.25, 0.3) is 0 Å². The summed E-state index contributed by atoms with van der Waals surface area (Å²) in [5.41, 5.74) is 0.824. The van der Waals surface area contributed by atoms with E-state index in [0.29, 0.717) is 25.3 Å². The monoisotopic (exact) mass is 365 g/mol. The number of nitrogens with zero attached hydrogens (tertiary/aromatic N) is 2. The highest BCUT2D eigenvalue weighted by Gasteiger charge is 2.31. The molecule has 0 fully saturated rings. The van der Waals surface area contributed by atoms with Crippen molar-refractivity contribution >= 4 is 15.9 Å². The largest absolute Gasteiger partial charge is 0.573 e. The first-order valence-electron chi connectivity index (χ1n) is 5.94. The van der Waals surface area contributed by atoms with Gasteiger partial charge in [-0.15, -0.1) is 13.2 Å². The molecule has 1 N–H and O–H groups in total. The lowest BCUT2D eigenvalue weighted by atomic mass is 10.2. The Morgan fingerprint density at radius 1 is 1.33 bits per heavy atom. The predicted molar refractivity (Wildman–Crippen MR) is 70.5 cm³/mol. The number of ether oxygens (including phenoxy) is 1. The summed E-state index contributed by atoms with van der Waals surface area (Å²) in [4.78, 5) is 3.87. The maximum Gasteiger partial charge on any atom is 0.573 e. The average Bonchev–Trinajstić information content (AvgIpc) is 2.89. The molecule has 5 nitrogen and oxygen atoms in total.